The van der Waals surface area contributed by atoms with Crippen molar-refractivity contribution in [3.05, 3.63) is 52.8 Å². The van der Waals surface area contributed by atoms with Crippen molar-refractivity contribution in [1.29, 1.82) is 0 Å². The Morgan fingerprint density at radius 3 is 2.65 bits per heavy atom. The Labute approximate surface area is 150 Å². The number of thiazole rings is 1. The SMILES string of the molecule is Cc1oc(C(N)=O)cc1-c1csc(NS(=O)(=O)c2ccc(F)cc2F)n1. The van der Waals surface area contributed by atoms with E-state index in [-0.39, 0.29) is 10.9 Å². The van der Waals surface area contributed by atoms with Crippen molar-refractivity contribution in [2.75, 3.05) is 4.72 Å². The molecular formula is C15H11F2N3O4S2. The smallest absolute Gasteiger partial charge is 0.284 e. The molecule has 7 nitrogen and oxygen atoms in total. The van der Waals surface area contributed by atoms with Gasteiger partial charge in [-0.15, -0.1) is 11.3 Å². The number of halogens is 2. The number of nitrogens with zero attached hydrogens (tertiary/aromatic N) is 1. The summed E-state index contributed by atoms with van der Waals surface area (Å²) in [5.74, 6) is -2.53. The van der Waals surface area contributed by atoms with Crippen LogP contribution in [0, 0.1) is 18.6 Å². The van der Waals surface area contributed by atoms with Crippen molar-refractivity contribution in [3.8, 4) is 11.3 Å². The van der Waals surface area contributed by atoms with Gasteiger partial charge in [-0.3, -0.25) is 9.52 Å². The van der Waals surface area contributed by atoms with Crippen molar-refractivity contribution in [3.63, 3.8) is 0 Å². The lowest BCUT2D eigenvalue weighted by molar-refractivity contribution is 0.0972. The van der Waals surface area contributed by atoms with Crippen LogP contribution in [0.3, 0.4) is 0 Å². The zero-order chi connectivity index (χ0) is 19.1. The van der Waals surface area contributed by atoms with Gasteiger partial charge in [-0.1, -0.05) is 0 Å². The van der Waals surface area contributed by atoms with E-state index in [1.807, 2.05) is 0 Å². The molecule has 1 amide bonds. The first-order valence-corrected chi connectivity index (χ1v) is 9.37. The first-order chi connectivity index (χ1) is 12.2. The highest BCUT2D eigenvalue weighted by Gasteiger charge is 2.22. The second kappa shape index (κ2) is 6.50. The molecule has 0 saturated heterocycles. The molecule has 11 heteroatoms. The summed E-state index contributed by atoms with van der Waals surface area (Å²) in [5, 5.41) is 1.49. The Morgan fingerprint density at radius 2 is 2.04 bits per heavy atom. The number of furan rings is 1. The first-order valence-electron chi connectivity index (χ1n) is 7.01. The van der Waals surface area contributed by atoms with Crippen molar-refractivity contribution >= 4 is 32.4 Å². The number of carbonyl (C=O) groups is 1. The maximum atomic E-state index is 13.7. The zero-order valence-electron chi connectivity index (χ0n) is 13.1. The fraction of sp³-hybridized carbons (Fsp3) is 0.0667. The first kappa shape index (κ1) is 18.0. The van der Waals surface area contributed by atoms with Crippen LogP contribution in [0.1, 0.15) is 16.3 Å². The highest BCUT2D eigenvalue weighted by Crippen LogP contribution is 2.31. The monoisotopic (exact) mass is 399 g/mol. The zero-order valence-corrected chi connectivity index (χ0v) is 14.7. The summed E-state index contributed by atoms with van der Waals surface area (Å²) in [7, 11) is -4.29. The van der Waals surface area contributed by atoms with Crippen LogP contribution in [-0.2, 0) is 10.0 Å². The van der Waals surface area contributed by atoms with E-state index in [9.17, 15) is 22.0 Å². The van der Waals surface area contributed by atoms with Gasteiger partial charge in [-0.05, 0) is 25.1 Å². The maximum Gasteiger partial charge on any atom is 0.284 e. The normalized spacial score (nSPS) is 11.5. The van der Waals surface area contributed by atoms with Crippen LogP contribution < -0.4 is 10.5 Å². The van der Waals surface area contributed by atoms with Crippen LogP contribution >= 0.6 is 11.3 Å². The Balaban J connectivity index is 1.90. The van der Waals surface area contributed by atoms with Crippen molar-refractivity contribution in [1.82, 2.24) is 4.98 Å². The average Bonchev–Trinajstić information content (AvgIpc) is 3.12. The summed E-state index contributed by atoms with van der Waals surface area (Å²) in [6.07, 6.45) is 0. The molecular weight excluding hydrogens is 388 g/mol. The van der Waals surface area contributed by atoms with Crippen molar-refractivity contribution in [2.24, 2.45) is 5.73 Å². The van der Waals surface area contributed by atoms with Gasteiger partial charge in [0.2, 0.25) is 0 Å². The molecule has 0 unspecified atom stereocenters. The van der Waals surface area contributed by atoms with E-state index < -0.39 is 32.5 Å². The summed E-state index contributed by atoms with van der Waals surface area (Å²) >= 11 is 0.946. The van der Waals surface area contributed by atoms with Crippen molar-refractivity contribution < 1.29 is 26.4 Å². The van der Waals surface area contributed by atoms with Crippen LogP contribution in [0.4, 0.5) is 13.9 Å². The number of hydrogen-bond donors (Lipinski definition) is 2. The number of carbonyl (C=O) groups excluding carboxylic acids is 1. The van der Waals surface area contributed by atoms with E-state index in [1.165, 1.54) is 11.4 Å². The number of anilines is 1. The van der Waals surface area contributed by atoms with E-state index in [4.69, 9.17) is 10.2 Å². The second-order valence-corrected chi connectivity index (χ2v) is 7.67. The minimum absolute atomic E-state index is 0.0371. The molecule has 0 aliphatic heterocycles. The Morgan fingerprint density at radius 1 is 1.31 bits per heavy atom. The largest absolute Gasteiger partial charge is 0.456 e. The number of benzene rings is 1. The number of rotatable bonds is 5. The third-order valence-corrected chi connectivity index (χ3v) is 5.61. The van der Waals surface area contributed by atoms with Gasteiger partial charge < -0.3 is 10.2 Å². The summed E-state index contributed by atoms with van der Waals surface area (Å²) in [6, 6.07) is 3.53. The van der Waals surface area contributed by atoms with Gasteiger partial charge in [-0.25, -0.2) is 22.2 Å². The molecule has 2 aromatic heterocycles. The van der Waals surface area contributed by atoms with Gasteiger partial charge in [0.1, 0.15) is 22.3 Å². The molecule has 3 N–H and O–H groups in total. The molecule has 0 atom stereocenters. The summed E-state index contributed by atoms with van der Waals surface area (Å²) < 4.78 is 58.5. The number of aryl methyl sites for hydroxylation is 1. The molecule has 3 aromatic rings. The van der Waals surface area contributed by atoms with E-state index in [2.05, 4.69) is 9.71 Å². The fourth-order valence-corrected chi connectivity index (χ4v) is 4.19. The lowest BCUT2D eigenvalue weighted by Gasteiger charge is -2.06. The van der Waals surface area contributed by atoms with Gasteiger partial charge in [-0.2, -0.15) is 0 Å². The lowest BCUT2D eigenvalue weighted by atomic mass is 10.2. The van der Waals surface area contributed by atoms with Crippen LogP contribution in [0.2, 0.25) is 0 Å². The van der Waals surface area contributed by atoms with E-state index in [0.717, 1.165) is 23.5 Å². The Bertz CT molecular complexity index is 1110. The van der Waals surface area contributed by atoms with E-state index in [1.54, 1.807) is 6.92 Å². The van der Waals surface area contributed by atoms with Gasteiger partial charge in [0, 0.05) is 17.0 Å². The van der Waals surface area contributed by atoms with E-state index in [0.29, 0.717) is 23.1 Å². The highest BCUT2D eigenvalue weighted by molar-refractivity contribution is 7.93. The molecule has 136 valence electrons. The predicted molar refractivity (Wildman–Crippen MR) is 90.2 cm³/mol. The molecule has 2 heterocycles. The standard InChI is InChI=1S/C15H11F2N3O4S2/c1-7-9(5-12(24-7)14(18)21)11-6-25-15(19-11)20-26(22,23)13-3-2-8(16)4-10(13)17/h2-6H,1H3,(H2,18,21)(H,19,20). The number of sulfonamides is 1. The molecule has 3 rings (SSSR count). The number of aromatic nitrogens is 1. The second-order valence-electron chi connectivity index (χ2n) is 5.16. The maximum absolute atomic E-state index is 13.7. The summed E-state index contributed by atoms with van der Waals surface area (Å²) in [6.45, 7) is 1.60. The summed E-state index contributed by atoms with van der Waals surface area (Å²) in [4.78, 5) is 14.5. The number of amides is 1. The van der Waals surface area contributed by atoms with Crippen molar-refractivity contribution in [2.45, 2.75) is 11.8 Å². The fourth-order valence-electron chi connectivity index (χ4n) is 2.17. The summed E-state index contributed by atoms with van der Waals surface area (Å²) in [5.41, 5.74) is 5.96. The number of primary amides is 1. The molecule has 0 aliphatic carbocycles. The topological polar surface area (TPSA) is 115 Å². The van der Waals surface area contributed by atoms with Crippen LogP contribution in [-0.4, -0.2) is 19.3 Å². The lowest BCUT2D eigenvalue weighted by Crippen LogP contribution is -2.14. The Hall–Kier alpha value is -2.79. The van der Waals surface area contributed by atoms with Gasteiger partial charge in [0.05, 0.1) is 5.69 Å². The third kappa shape index (κ3) is 3.44. The van der Waals surface area contributed by atoms with Crippen LogP contribution in [0.15, 0.2) is 39.0 Å². The minimum atomic E-state index is -4.29. The van der Waals surface area contributed by atoms with Crippen LogP contribution in [0.25, 0.3) is 11.3 Å². The van der Waals surface area contributed by atoms with Gasteiger partial charge in [0.15, 0.2) is 10.9 Å². The molecule has 0 aliphatic rings. The number of nitrogens with two attached hydrogens (primary N) is 1. The van der Waals surface area contributed by atoms with Gasteiger partial charge in [0.25, 0.3) is 15.9 Å². The molecule has 1 aromatic carbocycles. The predicted octanol–water partition coefficient (Wildman–Crippen LogP) is 2.89. The molecule has 26 heavy (non-hydrogen) atoms. The molecule has 0 saturated carbocycles. The average molecular weight is 399 g/mol. The van der Waals surface area contributed by atoms with Crippen LogP contribution in [0.5, 0.6) is 0 Å². The molecule has 0 bridgehead atoms. The molecule has 0 radical (unpaired) electrons. The minimum Gasteiger partial charge on any atom is -0.456 e. The molecule has 0 fully saturated rings. The van der Waals surface area contributed by atoms with Gasteiger partial charge >= 0.3 is 0 Å². The quantitative estimate of drug-likeness (QED) is 0.684. The third-order valence-electron chi connectivity index (χ3n) is 3.35. The highest BCUT2D eigenvalue weighted by atomic mass is 32.2. The Kier molecular flexibility index (Phi) is 4.50. The number of hydrogen-bond acceptors (Lipinski definition) is 6. The molecule has 0 spiro atoms. The van der Waals surface area contributed by atoms with E-state index >= 15 is 0 Å². The number of nitrogens with one attached hydrogen (secondary N) is 1.